The molecule has 2 aromatic heterocycles. The molecular formula is C31H31F3N6O. The zero-order valence-corrected chi connectivity index (χ0v) is 23.2. The number of nitrogens with zero attached hydrogens (tertiary/aromatic N) is 5. The van der Waals surface area contributed by atoms with E-state index in [4.69, 9.17) is 0 Å². The summed E-state index contributed by atoms with van der Waals surface area (Å²) >= 11 is 0. The molecule has 10 heteroatoms. The number of aryl methyl sites for hydroxylation is 2. The van der Waals surface area contributed by atoms with Gasteiger partial charge in [-0.25, -0.2) is 9.97 Å². The van der Waals surface area contributed by atoms with Gasteiger partial charge in [-0.2, -0.15) is 13.2 Å². The fourth-order valence-corrected chi connectivity index (χ4v) is 4.87. The van der Waals surface area contributed by atoms with Crippen molar-refractivity contribution >= 4 is 5.78 Å². The molecule has 0 aliphatic carbocycles. The molecule has 0 amide bonds. The number of imidazole rings is 2. The van der Waals surface area contributed by atoms with Crippen LogP contribution in [-0.4, -0.2) is 68.3 Å². The van der Waals surface area contributed by atoms with Crippen LogP contribution >= 0.6 is 0 Å². The molecule has 3 heterocycles. The molecule has 212 valence electrons. The summed E-state index contributed by atoms with van der Waals surface area (Å²) in [7, 11) is 3.86. The van der Waals surface area contributed by atoms with Gasteiger partial charge < -0.3 is 14.5 Å². The minimum Gasteiger partial charge on any atom is -0.342 e. The molecule has 1 aliphatic heterocycles. The predicted molar refractivity (Wildman–Crippen MR) is 150 cm³/mol. The van der Waals surface area contributed by atoms with Crippen molar-refractivity contribution in [3.05, 3.63) is 94.1 Å². The van der Waals surface area contributed by atoms with Crippen LogP contribution in [0.3, 0.4) is 0 Å². The van der Waals surface area contributed by atoms with Crippen molar-refractivity contribution < 1.29 is 18.0 Å². The summed E-state index contributed by atoms with van der Waals surface area (Å²) in [4.78, 5) is 29.1. The molecule has 0 radical (unpaired) electrons. The Kier molecular flexibility index (Phi) is 8.10. The van der Waals surface area contributed by atoms with Gasteiger partial charge >= 0.3 is 6.18 Å². The fourth-order valence-electron chi connectivity index (χ4n) is 4.87. The van der Waals surface area contributed by atoms with Crippen molar-refractivity contribution in [2.45, 2.75) is 26.1 Å². The lowest BCUT2D eigenvalue weighted by Gasteiger charge is -2.33. The van der Waals surface area contributed by atoms with E-state index in [2.05, 4.69) is 31.7 Å². The van der Waals surface area contributed by atoms with Crippen molar-refractivity contribution in [3.8, 4) is 23.5 Å². The summed E-state index contributed by atoms with van der Waals surface area (Å²) in [5.41, 5.74) is 2.36. The fraction of sp³-hybridized carbons (Fsp3) is 0.323. The summed E-state index contributed by atoms with van der Waals surface area (Å²) in [6.07, 6.45) is 0.513. The monoisotopic (exact) mass is 560 g/mol. The molecular weight excluding hydrogens is 529 g/mol. The number of Topliss-reactive ketones (excluding diaryl/α,β-unsaturated/α-hetero) is 1. The molecule has 4 aromatic rings. The summed E-state index contributed by atoms with van der Waals surface area (Å²) < 4.78 is 43.8. The molecule has 0 atom stereocenters. The normalized spacial score (nSPS) is 14.6. The van der Waals surface area contributed by atoms with Gasteiger partial charge in [0, 0.05) is 75.9 Å². The van der Waals surface area contributed by atoms with Crippen molar-refractivity contribution in [1.29, 1.82) is 0 Å². The van der Waals surface area contributed by atoms with Crippen LogP contribution in [-0.2, 0) is 26.2 Å². The maximum absolute atomic E-state index is 14.0. The van der Waals surface area contributed by atoms with Gasteiger partial charge in [0.2, 0.25) is 0 Å². The van der Waals surface area contributed by atoms with Crippen LogP contribution in [0.15, 0.2) is 55.0 Å². The number of aromatic nitrogens is 4. The van der Waals surface area contributed by atoms with Crippen LogP contribution in [0.1, 0.15) is 43.9 Å². The molecule has 0 unspecified atom stereocenters. The van der Waals surface area contributed by atoms with Gasteiger partial charge in [-0.05, 0) is 48.7 Å². The van der Waals surface area contributed by atoms with Crippen LogP contribution in [0.4, 0.5) is 13.2 Å². The predicted octanol–water partition coefficient (Wildman–Crippen LogP) is 4.71. The van der Waals surface area contributed by atoms with Gasteiger partial charge in [0.15, 0.2) is 17.4 Å². The van der Waals surface area contributed by atoms with E-state index in [1.807, 2.05) is 30.5 Å². The molecule has 41 heavy (non-hydrogen) atoms. The standard InChI is InChI=1S/C31H31F3N6O/c1-21-4-6-24(18-23(21)8-9-26-20-39(3)30(37-26)29-35-10-11-36-29)28(41)17-22-5-7-25(27(16-22)31(32,33)34)19-40-14-12-38(2)13-15-40/h4-7,10-11,16,18,20H,12-15,17,19H2,1-3H3,(H,35,36). The van der Waals surface area contributed by atoms with Crippen molar-refractivity contribution in [2.75, 3.05) is 33.2 Å². The lowest BCUT2D eigenvalue weighted by molar-refractivity contribution is -0.138. The summed E-state index contributed by atoms with van der Waals surface area (Å²) in [6, 6.07) is 9.43. The number of nitrogens with one attached hydrogen (secondary N) is 1. The first-order valence-corrected chi connectivity index (χ1v) is 13.4. The number of piperazine rings is 1. The number of H-pyrrole nitrogens is 1. The highest BCUT2D eigenvalue weighted by Gasteiger charge is 2.34. The van der Waals surface area contributed by atoms with E-state index < -0.39 is 11.7 Å². The Hall–Kier alpha value is -4.20. The second-order valence-corrected chi connectivity index (χ2v) is 10.4. The quantitative estimate of drug-likeness (QED) is 0.273. The molecule has 7 nitrogen and oxygen atoms in total. The molecule has 2 aromatic carbocycles. The lowest BCUT2D eigenvalue weighted by Crippen LogP contribution is -2.44. The van der Waals surface area contributed by atoms with Gasteiger partial charge in [-0.15, -0.1) is 0 Å². The second kappa shape index (κ2) is 11.7. The Balaban J connectivity index is 1.33. The van der Waals surface area contributed by atoms with Gasteiger partial charge in [0.05, 0.1) is 5.56 Å². The molecule has 5 rings (SSSR count). The number of hydrogen-bond donors (Lipinski definition) is 1. The number of hydrogen-bond acceptors (Lipinski definition) is 5. The number of carbonyl (C=O) groups excluding carboxylic acids is 1. The van der Waals surface area contributed by atoms with Crippen LogP contribution in [0.2, 0.25) is 0 Å². The molecule has 0 saturated carbocycles. The Morgan fingerprint density at radius 1 is 1.05 bits per heavy atom. The number of halogens is 3. The van der Waals surface area contributed by atoms with Gasteiger partial charge in [-0.1, -0.05) is 30.2 Å². The third-order valence-corrected chi connectivity index (χ3v) is 7.31. The Morgan fingerprint density at radius 3 is 2.54 bits per heavy atom. The highest BCUT2D eigenvalue weighted by atomic mass is 19.4. The van der Waals surface area contributed by atoms with Gasteiger partial charge in [0.1, 0.15) is 5.69 Å². The van der Waals surface area contributed by atoms with Gasteiger partial charge in [0.25, 0.3) is 0 Å². The van der Waals surface area contributed by atoms with E-state index in [1.165, 1.54) is 6.07 Å². The van der Waals surface area contributed by atoms with E-state index >= 15 is 0 Å². The van der Waals surface area contributed by atoms with E-state index in [1.54, 1.807) is 42.9 Å². The first-order chi connectivity index (χ1) is 19.6. The molecule has 1 aliphatic rings. The first-order valence-electron chi connectivity index (χ1n) is 13.4. The van der Waals surface area contributed by atoms with Crippen molar-refractivity contribution in [1.82, 2.24) is 29.3 Å². The van der Waals surface area contributed by atoms with Crippen LogP contribution < -0.4 is 0 Å². The zero-order valence-electron chi connectivity index (χ0n) is 23.2. The average molecular weight is 561 g/mol. The Labute approximate surface area is 237 Å². The Bertz CT molecular complexity index is 1600. The highest BCUT2D eigenvalue weighted by molar-refractivity contribution is 5.98. The Morgan fingerprint density at radius 2 is 1.83 bits per heavy atom. The van der Waals surface area contributed by atoms with E-state index in [0.717, 1.165) is 37.8 Å². The van der Waals surface area contributed by atoms with Crippen LogP contribution in [0.25, 0.3) is 11.6 Å². The largest absolute Gasteiger partial charge is 0.416 e. The average Bonchev–Trinajstić information content (AvgIpc) is 3.59. The SMILES string of the molecule is Cc1ccc(C(=O)Cc2ccc(CN3CCN(C)CC3)c(C(F)(F)F)c2)cc1C#Cc1cn(C)c(-c2ncc[nH]2)n1. The van der Waals surface area contributed by atoms with Crippen LogP contribution in [0, 0.1) is 18.8 Å². The van der Waals surface area contributed by atoms with Crippen molar-refractivity contribution in [2.24, 2.45) is 7.05 Å². The third kappa shape index (κ3) is 6.76. The smallest absolute Gasteiger partial charge is 0.342 e. The minimum absolute atomic E-state index is 0.138. The van der Waals surface area contributed by atoms with Crippen molar-refractivity contribution in [3.63, 3.8) is 0 Å². The number of likely N-dealkylation sites (N-methyl/N-ethyl adjacent to an activating group) is 1. The molecule has 0 bridgehead atoms. The zero-order chi connectivity index (χ0) is 29.1. The first kappa shape index (κ1) is 28.3. The van der Waals surface area contributed by atoms with E-state index in [0.29, 0.717) is 34.0 Å². The topological polar surface area (TPSA) is 70.1 Å². The molecule has 1 saturated heterocycles. The molecule has 0 spiro atoms. The molecule has 1 fully saturated rings. The number of alkyl halides is 3. The van der Waals surface area contributed by atoms with Crippen LogP contribution in [0.5, 0.6) is 0 Å². The van der Waals surface area contributed by atoms with Gasteiger partial charge in [-0.3, -0.25) is 9.69 Å². The van der Waals surface area contributed by atoms with E-state index in [-0.39, 0.29) is 24.3 Å². The minimum atomic E-state index is -4.50. The maximum atomic E-state index is 14.0. The van der Waals surface area contributed by atoms with E-state index in [9.17, 15) is 18.0 Å². The summed E-state index contributed by atoms with van der Waals surface area (Å²) in [5.74, 6) is 7.13. The number of benzene rings is 2. The summed E-state index contributed by atoms with van der Waals surface area (Å²) in [6.45, 7) is 5.21. The molecule has 1 N–H and O–H groups in total. The number of carbonyl (C=O) groups is 1. The number of rotatable bonds is 6. The second-order valence-electron chi connectivity index (χ2n) is 10.4. The lowest BCUT2D eigenvalue weighted by atomic mass is 9.96. The summed E-state index contributed by atoms with van der Waals surface area (Å²) in [5, 5.41) is 0. The highest BCUT2D eigenvalue weighted by Crippen LogP contribution is 2.34. The third-order valence-electron chi connectivity index (χ3n) is 7.31. The number of aromatic amines is 1. The number of ketones is 1. The maximum Gasteiger partial charge on any atom is 0.416 e.